The van der Waals surface area contributed by atoms with E-state index in [-0.39, 0.29) is 11.9 Å². The lowest BCUT2D eigenvalue weighted by Crippen LogP contribution is -2.33. The predicted octanol–water partition coefficient (Wildman–Crippen LogP) is 0.722. The molecule has 16 heavy (non-hydrogen) atoms. The highest BCUT2D eigenvalue weighted by Gasteiger charge is 2.08. The lowest BCUT2D eigenvalue weighted by atomic mass is 10.2. The summed E-state index contributed by atoms with van der Waals surface area (Å²) in [6, 6.07) is 0.218. The summed E-state index contributed by atoms with van der Waals surface area (Å²) in [5.74, 6) is 0.0639. The van der Waals surface area contributed by atoms with Crippen LogP contribution in [0.3, 0.4) is 0 Å². The van der Waals surface area contributed by atoms with E-state index in [9.17, 15) is 4.79 Å². The Hall–Kier alpha value is -1.36. The Labute approximate surface area is 96.0 Å². The SMILES string of the molecule is CCNC(C)CC(=O)NCc1cn[nH]c1C. The third-order valence-electron chi connectivity index (χ3n) is 2.45. The van der Waals surface area contributed by atoms with Gasteiger partial charge in [0, 0.05) is 30.3 Å². The molecule has 0 saturated heterocycles. The van der Waals surface area contributed by atoms with Crippen LogP contribution in [0, 0.1) is 6.92 Å². The Morgan fingerprint density at radius 1 is 1.62 bits per heavy atom. The molecule has 5 heteroatoms. The van der Waals surface area contributed by atoms with Gasteiger partial charge in [0.15, 0.2) is 0 Å². The number of nitrogens with zero attached hydrogens (tertiary/aromatic N) is 1. The molecule has 1 aromatic rings. The van der Waals surface area contributed by atoms with Gasteiger partial charge in [0.25, 0.3) is 0 Å². The second kappa shape index (κ2) is 6.27. The van der Waals surface area contributed by atoms with Crippen molar-refractivity contribution in [1.82, 2.24) is 20.8 Å². The predicted molar refractivity (Wildman–Crippen MR) is 62.9 cm³/mol. The third-order valence-corrected chi connectivity index (χ3v) is 2.45. The van der Waals surface area contributed by atoms with Crippen molar-refractivity contribution in [3.8, 4) is 0 Å². The molecule has 0 saturated carbocycles. The van der Waals surface area contributed by atoms with E-state index in [0.717, 1.165) is 17.8 Å². The molecule has 0 aliphatic heterocycles. The van der Waals surface area contributed by atoms with Crippen LogP contribution in [0.15, 0.2) is 6.20 Å². The summed E-state index contributed by atoms with van der Waals surface area (Å²) < 4.78 is 0. The molecule has 1 heterocycles. The van der Waals surface area contributed by atoms with Gasteiger partial charge in [-0.05, 0) is 20.4 Å². The van der Waals surface area contributed by atoms with Crippen molar-refractivity contribution in [1.29, 1.82) is 0 Å². The monoisotopic (exact) mass is 224 g/mol. The van der Waals surface area contributed by atoms with E-state index in [0.29, 0.717) is 13.0 Å². The maximum atomic E-state index is 11.6. The van der Waals surface area contributed by atoms with E-state index in [1.807, 2.05) is 20.8 Å². The van der Waals surface area contributed by atoms with Crippen LogP contribution in [0.2, 0.25) is 0 Å². The largest absolute Gasteiger partial charge is 0.352 e. The van der Waals surface area contributed by atoms with Crippen LogP contribution in [0.1, 0.15) is 31.5 Å². The van der Waals surface area contributed by atoms with Gasteiger partial charge in [-0.2, -0.15) is 5.10 Å². The fraction of sp³-hybridized carbons (Fsp3) is 0.636. The first-order valence-corrected chi connectivity index (χ1v) is 5.62. The number of rotatable bonds is 6. The van der Waals surface area contributed by atoms with Gasteiger partial charge < -0.3 is 10.6 Å². The summed E-state index contributed by atoms with van der Waals surface area (Å²) in [5.41, 5.74) is 2.03. The molecular formula is C11H20N4O. The van der Waals surface area contributed by atoms with E-state index >= 15 is 0 Å². The number of aryl methyl sites for hydroxylation is 1. The fourth-order valence-electron chi connectivity index (χ4n) is 1.52. The summed E-state index contributed by atoms with van der Waals surface area (Å²) in [6.07, 6.45) is 2.24. The van der Waals surface area contributed by atoms with Crippen LogP contribution in [0.4, 0.5) is 0 Å². The summed E-state index contributed by atoms with van der Waals surface area (Å²) >= 11 is 0. The highest BCUT2D eigenvalue weighted by Crippen LogP contribution is 2.01. The number of nitrogens with one attached hydrogen (secondary N) is 3. The maximum absolute atomic E-state index is 11.6. The third kappa shape index (κ3) is 4.02. The van der Waals surface area contributed by atoms with E-state index in [1.165, 1.54) is 0 Å². The van der Waals surface area contributed by atoms with Gasteiger partial charge in [-0.3, -0.25) is 9.89 Å². The molecule has 0 aromatic carbocycles. The molecule has 90 valence electrons. The standard InChI is InChI=1S/C11H20N4O/c1-4-12-8(2)5-11(16)13-6-10-7-14-15-9(10)3/h7-8,12H,4-6H2,1-3H3,(H,13,16)(H,14,15). The van der Waals surface area contributed by atoms with E-state index in [4.69, 9.17) is 0 Å². The number of H-pyrrole nitrogens is 1. The summed E-state index contributed by atoms with van der Waals surface area (Å²) in [6.45, 7) is 7.40. The Morgan fingerprint density at radius 3 is 2.94 bits per heavy atom. The maximum Gasteiger partial charge on any atom is 0.221 e. The molecule has 5 nitrogen and oxygen atoms in total. The van der Waals surface area contributed by atoms with E-state index in [1.54, 1.807) is 6.20 Å². The van der Waals surface area contributed by atoms with Crippen molar-refractivity contribution in [2.45, 2.75) is 39.8 Å². The Kier molecular flexibility index (Phi) is 4.98. The van der Waals surface area contributed by atoms with Crippen molar-refractivity contribution in [2.75, 3.05) is 6.54 Å². The van der Waals surface area contributed by atoms with Gasteiger partial charge in [0.1, 0.15) is 0 Å². The summed E-state index contributed by atoms with van der Waals surface area (Å²) in [7, 11) is 0. The Morgan fingerprint density at radius 2 is 2.38 bits per heavy atom. The first kappa shape index (κ1) is 12.7. The molecule has 0 aliphatic carbocycles. The molecule has 1 amide bonds. The minimum absolute atomic E-state index is 0.0639. The number of amides is 1. The second-order valence-electron chi connectivity index (χ2n) is 3.96. The number of hydrogen-bond donors (Lipinski definition) is 3. The van der Waals surface area contributed by atoms with Gasteiger partial charge in [-0.15, -0.1) is 0 Å². The van der Waals surface area contributed by atoms with Crippen LogP contribution >= 0.6 is 0 Å². The Bertz CT molecular complexity index is 334. The molecule has 0 radical (unpaired) electrons. The van der Waals surface area contributed by atoms with E-state index in [2.05, 4.69) is 20.8 Å². The topological polar surface area (TPSA) is 69.8 Å². The van der Waals surface area contributed by atoms with E-state index < -0.39 is 0 Å². The lowest BCUT2D eigenvalue weighted by molar-refractivity contribution is -0.121. The van der Waals surface area contributed by atoms with Crippen LogP contribution in [-0.4, -0.2) is 28.7 Å². The number of hydrogen-bond acceptors (Lipinski definition) is 3. The second-order valence-corrected chi connectivity index (χ2v) is 3.96. The van der Waals surface area contributed by atoms with Crippen molar-refractivity contribution in [3.63, 3.8) is 0 Å². The smallest absolute Gasteiger partial charge is 0.221 e. The van der Waals surface area contributed by atoms with Crippen LogP contribution < -0.4 is 10.6 Å². The number of carbonyl (C=O) groups is 1. The zero-order valence-electron chi connectivity index (χ0n) is 10.1. The minimum Gasteiger partial charge on any atom is -0.352 e. The van der Waals surface area contributed by atoms with Gasteiger partial charge >= 0.3 is 0 Å². The normalized spacial score (nSPS) is 12.4. The van der Waals surface area contributed by atoms with Gasteiger partial charge in [0.05, 0.1) is 6.20 Å². The average Bonchev–Trinajstić information content (AvgIpc) is 2.61. The zero-order valence-corrected chi connectivity index (χ0v) is 10.1. The van der Waals surface area contributed by atoms with Gasteiger partial charge in [-0.1, -0.05) is 6.92 Å². The molecule has 1 rings (SSSR count). The van der Waals surface area contributed by atoms with Crippen molar-refractivity contribution in [2.24, 2.45) is 0 Å². The Balaban J connectivity index is 2.28. The van der Waals surface area contributed by atoms with Crippen molar-refractivity contribution in [3.05, 3.63) is 17.5 Å². The molecule has 1 atom stereocenters. The highest BCUT2D eigenvalue weighted by molar-refractivity contribution is 5.76. The fourth-order valence-corrected chi connectivity index (χ4v) is 1.52. The van der Waals surface area contributed by atoms with Gasteiger partial charge in [0.2, 0.25) is 5.91 Å². The molecular weight excluding hydrogens is 204 g/mol. The molecule has 0 spiro atoms. The summed E-state index contributed by atoms with van der Waals surface area (Å²) in [4.78, 5) is 11.6. The van der Waals surface area contributed by atoms with Crippen molar-refractivity contribution < 1.29 is 4.79 Å². The number of aromatic amines is 1. The molecule has 0 bridgehead atoms. The summed E-state index contributed by atoms with van der Waals surface area (Å²) in [5, 5.41) is 12.8. The average molecular weight is 224 g/mol. The highest BCUT2D eigenvalue weighted by atomic mass is 16.1. The molecule has 0 aliphatic rings. The lowest BCUT2D eigenvalue weighted by Gasteiger charge is -2.11. The molecule has 3 N–H and O–H groups in total. The zero-order chi connectivity index (χ0) is 12.0. The first-order chi connectivity index (χ1) is 7.63. The molecule has 1 unspecified atom stereocenters. The first-order valence-electron chi connectivity index (χ1n) is 5.62. The number of aromatic nitrogens is 2. The molecule has 0 fully saturated rings. The minimum atomic E-state index is 0.0639. The number of carbonyl (C=O) groups excluding carboxylic acids is 1. The van der Waals surface area contributed by atoms with Gasteiger partial charge in [-0.25, -0.2) is 0 Å². The molecule has 1 aromatic heterocycles. The van der Waals surface area contributed by atoms with Crippen molar-refractivity contribution >= 4 is 5.91 Å². The van der Waals surface area contributed by atoms with Crippen LogP contribution in [0.5, 0.6) is 0 Å². The van der Waals surface area contributed by atoms with Crippen LogP contribution in [-0.2, 0) is 11.3 Å². The quantitative estimate of drug-likeness (QED) is 0.667. The van der Waals surface area contributed by atoms with Crippen LogP contribution in [0.25, 0.3) is 0 Å².